The van der Waals surface area contributed by atoms with Crippen LogP contribution in [-0.2, 0) is 0 Å². The molecule has 0 radical (unpaired) electrons. The Kier molecular flexibility index (Phi) is 3.53. The molecule has 92 valence electrons. The van der Waals surface area contributed by atoms with Gasteiger partial charge in [0.1, 0.15) is 5.82 Å². The highest BCUT2D eigenvalue weighted by molar-refractivity contribution is 5.92. The van der Waals surface area contributed by atoms with E-state index in [9.17, 15) is 4.79 Å². The Bertz CT molecular complexity index is 383. The van der Waals surface area contributed by atoms with Crippen LogP contribution in [0.15, 0.2) is 12.1 Å². The minimum Gasteiger partial charge on any atom is -0.382 e. The Morgan fingerprint density at radius 2 is 2.12 bits per heavy atom. The van der Waals surface area contributed by atoms with Crippen molar-refractivity contribution in [1.82, 2.24) is 20.4 Å². The first-order chi connectivity index (χ1) is 8.15. The Morgan fingerprint density at radius 1 is 1.41 bits per heavy atom. The normalized spacial score (nSPS) is 17.9. The molecular weight excluding hydrogens is 218 g/mol. The molecule has 0 aromatic carbocycles. The molecule has 0 saturated carbocycles. The van der Waals surface area contributed by atoms with Gasteiger partial charge in [-0.3, -0.25) is 4.79 Å². The summed E-state index contributed by atoms with van der Waals surface area (Å²) in [7, 11) is 2.09. The molecule has 0 atom stereocenters. The number of piperidine rings is 1. The standard InChI is InChI=1S/C11H17N5O/c1-16-6-4-8(5-7-16)13-11(17)9-2-3-10(12)15-14-9/h2-3,8H,4-7H2,1H3,(H2,12,15)(H,13,17). The van der Waals surface area contributed by atoms with Crippen LogP contribution in [0.1, 0.15) is 23.3 Å². The van der Waals surface area contributed by atoms with Gasteiger partial charge in [0, 0.05) is 6.04 Å². The third-order valence-electron chi connectivity index (χ3n) is 2.97. The Hall–Kier alpha value is -1.69. The second-order valence-corrected chi connectivity index (χ2v) is 4.39. The molecule has 3 N–H and O–H groups in total. The van der Waals surface area contributed by atoms with Crippen LogP contribution in [0.4, 0.5) is 5.82 Å². The zero-order chi connectivity index (χ0) is 12.3. The van der Waals surface area contributed by atoms with E-state index in [1.807, 2.05) is 0 Å². The van der Waals surface area contributed by atoms with E-state index in [1.54, 1.807) is 12.1 Å². The topological polar surface area (TPSA) is 84.1 Å². The van der Waals surface area contributed by atoms with E-state index in [4.69, 9.17) is 5.73 Å². The summed E-state index contributed by atoms with van der Waals surface area (Å²) in [5.41, 5.74) is 5.73. The first-order valence-electron chi connectivity index (χ1n) is 5.74. The largest absolute Gasteiger partial charge is 0.382 e. The van der Waals surface area contributed by atoms with Gasteiger partial charge in [-0.05, 0) is 45.1 Å². The van der Waals surface area contributed by atoms with Crippen LogP contribution in [0.25, 0.3) is 0 Å². The van der Waals surface area contributed by atoms with Crippen molar-refractivity contribution in [2.75, 3.05) is 25.9 Å². The number of aromatic nitrogens is 2. The zero-order valence-electron chi connectivity index (χ0n) is 9.89. The zero-order valence-corrected chi connectivity index (χ0v) is 9.89. The molecule has 0 bridgehead atoms. The van der Waals surface area contributed by atoms with E-state index in [0.29, 0.717) is 11.5 Å². The average molecular weight is 235 g/mol. The number of hydrogen-bond acceptors (Lipinski definition) is 5. The van der Waals surface area contributed by atoms with Gasteiger partial charge in [0.25, 0.3) is 5.91 Å². The number of hydrogen-bond donors (Lipinski definition) is 2. The molecule has 1 aliphatic rings. The van der Waals surface area contributed by atoms with Crippen LogP contribution in [0.3, 0.4) is 0 Å². The van der Waals surface area contributed by atoms with E-state index < -0.39 is 0 Å². The van der Waals surface area contributed by atoms with Crippen molar-refractivity contribution in [3.05, 3.63) is 17.8 Å². The van der Waals surface area contributed by atoms with Crippen LogP contribution in [0.5, 0.6) is 0 Å². The monoisotopic (exact) mass is 235 g/mol. The van der Waals surface area contributed by atoms with Crippen LogP contribution in [0, 0.1) is 0 Å². The highest BCUT2D eigenvalue weighted by atomic mass is 16.2. The van der Waals surface area contributed by atoms with Gasteiger partial charge in [-0.15, -0.1) is 10.2 Å². The number of amides is 1. The summed E-state index contributed by atoms with van der Waals surface area (Å²) in [6, 6.07) is 3.40. The first kappa shape index (κ1) is 11.8. The van der Waals surface area contributed by atoms with Crippen molar-refractivity contribution in [3.8, 4) is 0 Å². The maximum atomic E-state index is 11.8. The van der Waals surface area contributed by atoms with Gasteiger partial charge in [-0.1, -0.05) is 0 Å². The summed E-state index contributed by atoms with van der Waals surface area (Å²) in [6.07, 6.45) is 1.95. The van der Waals surface area contributed by atoms with Crippen molar-refractivity contribution in [2.24, 2.45) is 0 Å². The van der Waals surface area contributed by atoms with Crippen LogP contribution >= 0.6 is 0 Å². The predicted octanol–water partition coefficient (Wildman–Crippen LogP) is -0.117. The van der Waals surface area contributed by atoms with Gasteiger partial charge in [0.2, 0.25) is 0 Å². The highest BCUT2D eigenvalue weighted by Gasteiger charge is 2.19. The molecule has 2 heterocycles. The molecule has 2 rings (SSSR count). The summed E-state index contributed by atoms with van der Waals surface area (Å²) in [5, 5.41) is 10.4. The lowest BCUT2D eigenvalue weighted by Gasteiger charge is -2.29. The molecule has 0 aliphatic carbocycles. The summed E-state index contributed by atoms with van der Waals surface area (Å²) in [5.74, 6) is 0.146. The van der Waals surface area contributed by atoms with Crippen LogP contribution in [-0.4, -0.2) is 47.2 Å². The molecule has 1 aliphatic heterocycles. The number of anilines is 1. The number of carbonyl (C=O) groups excluding carboxylic acids is 1. The number of nitrogens with two attached hydrogens (primary N) is 1. The lowest BCUT2D eigenvalue weighted by molar-refractivity contribution is 0.0911. The number of rotatable bonds is 2. The van der Waals surface area contributed by atoms with Crippen molar-refractivity contribution < 1.29 is 4.79 Å². The van der Waals surface area contributed by atoms with Gasteiger partial charge in [0.15, 0.2) is 5.69 Å². The Balaban J connectivity index is 1.91. The third kappa shape index (κ3) is 3.13. The summed E-state index contributed by atoms with van der Waals surface area (Å²) in [6.45, 7) is 2.02. The van der Waals surface area contributed by atoms with Crippen molar-refractivity contribution >= 4 is 11.7 Å². The molecule has 1 saturated heterocycles. The molecule has 1 fully saturated rings. The third-order valence-corrected chi connectivity index (χ3v) is 2.97. The lowest BCUT2D eigenvalue weighted by atomic mass is 10.1. The quantitative estimate of drug-likeness (QED) is 0.746. The number of nitrogen functional groups attached to an aromatic ring is 1. The smallest absolute Gasteiger partial charge is 0.272 e. The van der Waals surface area contributed by atoms with Gasteiger partial charge in [0.05, 0.1) is 0 Å². The lowest BCUT2D eigenvalue weighted by Crippen LogP contribution is -2.43. The number of carbonyl (C=O) groups is 1. The molecular formula is C11H17N5O. The maximum Gasteiger partial charge on any atom is 0.272 e. The molecule has 0 spiro atoms. The number of nitrogens with zero attached hydrogens (tertiary/aromatic N) is 3. The summed E-state index contributed by atoms with van der Waals surface area (Å²) >= 11 is 0. The Morgan fingerprint density at radius 3 is 2.71 bits per heavy atom. The summed E-state index contributed by atoms with van der Waals surface area (Å²) in [4.78, 5) is 14.1. The molecule has 17 heavy (non-hydrogen) atoms. The summed E-state index contributed by atoms with van der Waals surface area (Å²) < 4.78 is 0. The number of nitrogens with one attached hydrogen (secondary N) is 1. The fraction of sp³-hybridized carbons (Fsp3) is 0.545. The van der Waals surface area contributed by atoms with Gasteiger partial charge in [-0.25, -0.2) is 0 Å². The Labute approximate surface area is 100 Å². The second kappa shape index (κ2) is 5.09. The van der Waals surface area contributed by atoms with Crippen molar-refractivity contribution in [1.29, 1.82) is 0 Å². The van der Waals surface area contributed by atoms with Crippen molar-refractivity contribution in [3.63, 3.8) is 0 Å². The number of likely N-dealkylation sites (tertiary alicyclic amines) is 1. The van der Waals surface area contributed by atoms with E-state index in [2.05, 4.69) is 27.5 Å². The fourth-order valence-corrected chi connectivity index (χ4v) is 1.88. The molecule has 6 heteroatoms. The molecule has 1 aromatic rings. The SMILES string of the molecule is CN1CCC(NC(=O)c2ccc(N)nn2)CC1. The van der Waals surface area contributed by atoms with Gasteiger partial charge < -0.3 is 16.0 Å². The van der Waals surface area contributed by atoms with Crippen LogP contribution < -0.4 is 11.1 Å². The van der Waals surface area contributed by atoms with Crippen molar-refractivity contribution in [2.45, 2.75) is 18.9 Å². The van der Waals surface area contributed by atoms with E-state index >= 15 is 0 Å². The molecule has 1 aromatic heterocycles. The first-order valence-corrected chi connectivity index (χ1v) is 5.74. The maximum absolute atomic E-state index is 11.8. The molecule has 6 nitrogen and oxygen atoms in total. The molecule has 1 amide bonds. The van der Waals surface area contributed by atoms with Gasteiger partial charge >= 0.3 is 0 Å². The second-order valence-electron chi connectivity index (χ2n) is 4.39. The molecule has 0 unspecified atom stereocenters. The fourth-order valence-electron chi connectivity index (χ4n) is 1.88. The van der Waals surface area contributed by atoms with E-state index in [0.717, 1.165) is 25.9 Å². The van der Waals surface area contributed by atoms with Crippen LogP contribution in [0.2, 0.25) is 0 Å². The minimum atomic E-state index is -0.174. The van der Waals surface area contributed by atoms with Gasteiger partial charge in [-0.2, -0.15) is 0 Å². The highest BCUT2D eigenvalue weighted by Crippen LogP contribution is 2.09. The minimum absolute atomic E-state index is 0.174. The predicted molar refractivity (Wildman–Crippen MR) is 64.4 cm³/mol. The van der Waals surface area contributed by atoms with E-state index in [-0.39, 0.29) is 11.9 Å². The average Bonchev–Trinajstić information content (AvgIpc) is 2.33. The van der Waals surface area contributed by atoms with E-state index in [1.165, 1.54) is 0 Å².